The summed E-state index contributed by atoms with van der Waals surface area (Å²) in [5, 5.41) is 0. The van der Waals surface area contributed by atoms with E-state index >= 15 is 0 Å². The van der Waals surface area contributed by atoms with E-state index in [1.165, 1.54) is 4.31 Å². The van der Waals surface area contributed by atoms with Crippen molar-refractivity contribution in [1.82, 2.24) is 9.21 Å². The first-order valence-electron chi connectivity index (χ1n) is 8.76. The fraction of sp³-hybridized carbons (Fsp3) is 0.611. The molecule has 0 radical (unpaired) electrons. The van der Waals surface area contributed by atoms with Crippen LogP contribution < -0.4 is 0 Å². The van der Waals surface area contributed by atoms with Crippen molar-refractivity contribution in [3.63, 3.8) is 0 Å². The predicted octanol–water partition coefficient (Wildman–Crippen LogP) is 1.82. The molecule has 0 aromatic heterocycles. The second kappa shape index (κ2) is 7.05. The summed E-state index contributed by atoms with van der Waals surface area (Å²) in [5.74, 6) is 0.372. The number of nitrogens with zero attached hydrogens (tertiary/aromatic N) is 2. The van der Waals surface area contributed by atoms with E-state index < -0.39 is 10.0 Å². The van der Waals surface area contributed by atoms with Crippen molar-refractivity contribution in [2.75, 3.05) is 26.8 Å². The van der Waals surface area contributed by atoms with E-state index in [1.54, 1.807) is 24.1 Å². The molecule has 6 nitrogen and oxygen atoms in total. The van der Waals surface area contributed by atoms with Crippen LogP contribution in [0.1, 0.15) is 38.2 Å². The summed E-state index contributed by atoms with van der Waals surface area (Å²) in [5.41, 5.74) is 1.11. The Kier molecular flexibility index (Phi) is 5.18. The molecule has 2 aliphatic heterocycles. The van der Waals surface area contributed by atoms with Crippen LogP contribution >= 0.6 is 0 Å². The van der Waals surface area contributed by atoms with Gasteiger partial charge in [0.1, 0.15) is 0 Å². The number of benzene rings is 1. The molecule has 0 spiro atoms. The number of methoxy groups -OCH3 is 1. The Morgan fingerprint density at radius 3 is 2.48 bits per heavy atom. The first-order chi connectivity index (χ1) is 11.9. The Morgan fingerprint density at radius 1 is 1.20 bits per heavy atom. The topological polar surface area (TPSA) is 66.9 Å². The Morgan fingerprint density at radius 2 is 1.88 bits per heavy atom. The first kappa shape index (κ1) is 18.4. The number of ether oxygens (including phenoxy) is 1. The molecule has 2 fully saturated rings. The smallest absolute Gasteiger partial charge is 0.243 e. The van der Waals surface area contributed by atoms with Crippen molar-refractivity contribution in [2.45, 2.75) is 49.6 Å². The summed E-state index contributed by atoms with van der Waals surface area (Å²) >= 11 is 0. The van der Waals surface area contributed by atoms with Crippen molar-refractivity contribution < 1.29 is 17.9 Å². The standard InChI is InChI=1S/C18H26N2O4S/c1-13(2)14-4-6-15(7-5-14)25(22,23)20-9-8-16-17(20)12-18(21)19(16)10-11-24-3/h4-7,13,16-17H,8-12H2,1-3H3/t16-,17+/m1/s1. The quantitative estimate of drug-likeness (QED) is 0.770. The molecule has 138 valence electrons. The van der Waals surface area contributed by atoms with Crippen LogP contribution in [0.15, 0.2) is 29.2 Å². The number of carbonyl (C=O) groups is 1. The minimum Gasteiger partial charge on any atom is -0.383 e. The third-order valence-electron chi connectivity index (χ3n) is 5.25. The van der Waals surface area contributed by atoms with Crippen molar-refractivity contribution in [3.8, 4) is 0 Å². The van der Waals surface area contributed by atoms with E-state index in [9.17, 15) is 13.2 Å². The van der Waals surface area contributed by atoms with Crippen LogP contribution in [-0.4, -0.2) is 62.4 Å². The van der Waals surface area contributed by atoms with Crippen LogP contribution in [0, 0.1) is 0 Å². The van der Waals surface area contributed by atoms with Crippen LogP contribution in [0.5, 0.6) is 0 Å². The molecule has 2 atom stereocenters. The lowest BCUT2D eigenvalue weighted by atomic mass is 10.0. The van der Waals surface area contributed by atoms with Gasteiger partial charge in [0.05, 0.1) is 23.6 Å². The normalized spacial score (nSPS) is 24.3. The van der Waals surface area contributed by atoms with Crippen molar-refractivity contribution >= 4 is 15.9 Å². The molecular weight excluding hydrogens is 340 g/mol. The van der Waals surface area contributed by atoms with Gasteiger partial charge in [-0.3, -0.25) is 4.79 Å². The van der Waals surface area contributed by atoms with E-state index in [1.807, 2.05) is 12.1 Å². The maximum atomic E-state index is 13.1. The molecule has 2 aliphatic rings. The number of likely N-dealkylation sites (tertiary alicyclic amines) is 1. The Labute approximate surface area is 149 Å². The summed E-state index contributed by atoms with van der Waals surface area (Å²) in [6.07, 6.45) is 0.946. The predicted molar refractivity (Wildman–Crippen MR) is 94.8 cm³/mol. The first-order valence-corrected chi connectivity index (χ1v) is 10.2. The van der Waals surface area contributed by atoms with Crippen molar-refractivity contribution in [2.24, 2.45) is 0 Å². The van der Waals surface area contributed by atoms with Gasteiger partial charge < -0.3 is 9.64 Å². The van der Waals surface area contributed by atoms with Gasteiger partial charge in [-0.1, -0.05) is 26.0 Å². The highest BCUT2D eigenvalue weighted by Gasteiger charge is 2.50. The number of rotatable bonds is 6. The summed E-state index contributed by atoms with van der Waals surface area (Å²) < 4.78 is 32.7. The molecule has 0 bridgehead atoms. The monoisotopic (exact) mass is 366 g/mol. The molecule has 0 saturated carbocycles. The summed E-state index contributed by atoms with van der Waals surface area (Å²) in [6.45, 7) is 5.60. The third kappa shape index (κ3) is 3.32. The minimum absolute atomic E-state index is 0.0158. The van der Waals surface area contributed by atoms with Crippen LogP contribution in [-0.2, 0) is 19.6 Å². The molecule has 2 heterocycles. The summed E-state index contributed by atoms with van der Waals surface area (Å²) in [7, 11) is -1.98. The zero-order valence-electron chi connectivity index (χ0n) is 15.0. The van der Waals surface area contributed by atoms with Gasteiger partial charge in [-0.2, -0.15) is 4.31 Å². The molecule has 2 saturated heterocycles. The molecule has 7 heteroatoms. The fourth-order valence-corrected chi connectivity index (χ4v) is 5.50. The Bertz CT molecular complexity index is 730. The zero-order valence-corrected chi connectivity index (χ0v) is 15.8. The van der Waals surface area contributed by atoms with Crippen LogP contribution in [0.25, 0.3) is 0 Å². The lowest BCUT2D eigenvalue weighted by molar-refractivity contribution is -0.129. The second-order valence-electron chi connectivity index (χ2n) is 7.05. The highest BCUT2D eigenvalue weighted by molar-refractivity contribution is 7.89. The van der Waals surface area contributed by atoms with Gasteiger partial charge >= 0.3 is 0 Å². The van der Waals surface area contributed by atoms with Gasteiger partial charge in [0.25, 0.3) is 0 Å². The lowest BCUT2D eigenvalue weighted by Crippen LogP contribution is -2.40. The van der Waals surface area contributed by atoms with E-state index in [0.29, 0.717) is 36.9 Å². The Hall–Kier alpha value is -1.44. The Balaban J connectivity index is 1.81. The zero-order chi connectivity index (χ0) is 18.2. The van der Waals surface area contributed by atoms with E-state index in [4.69, 9.17) is 4.74 Å². The highest BCUT2D eigenvalue weighted by Crippen LogP contribution is 2.36. The number of fused-ring (bicyclic) bond motifs is 1. The van der Waals surface area contributed by atoms with E-state index in [-0.39, 0.29) is 24.4 Å². The average molecular weight is 366 g/mol. The summed E-state index contributed by atoms with van der Waals surface area (Å²) in [4.78, 5) is 14.4. The molecule has 1 aromatic rings. The molecule has 1 amide bonds. The molecule has 0 unspecified atom stereocenters. The van der Waals surface area contributed by atoms with Crippen molar-refractivity contribution in [3.05, 3.63) is 29.8 Å². The maximum Gasteiger partial charge on any atom is 0.243 e. The van der Waals surface area contributed by atoms with Crippen molar-refractivity contribution in [1.29, 1.82) is 0 Å². The highest BCUT2D eigenvalue weighted by atomic mass is 32.2. The third-order valence-corrected chi connectivity index (χ3v) is 7.19. The average Bonchev–Trinajstić information content (AvgIpc) is 3.11. The minimum atomic E-state index is -3.58. The lowest BCUT2D eigenvalue weighted by Gasteiger charge is -2.25. The number of hydrogen-bond donors (Lipinski definition) is 0. The number of sulfonamides is 1. The molecule has 0 aliphatic carbocycles. The van der Waals surface area contributed by atoms with Crippen LogP contribution in [0.3, 0.4) is 0 Å². The molecule has 3 rings (SSSR count). The number of amides is 1. The fourth-order valence-electron chi connectivity index (χ4n) is 3.83. The van der Waals surface area contributed by atoms with Crippen LogP contribution in [0.4, 0.5) is 0 Å². The maximum absolute atomic E-state index is 13.1. The van der Waals surface area contributed by atoms with Gasteiger partial charge in [0.2, 0.25) is 15.9 Å². The SMILES string of the molecule is COCCN1C(=O)C[C@H]2[C@H]1CCN2S(=O)(=O)c1ccc(C(C)C)cc1. The van der Waals surface area contributed by atoms with Gasteiger partial charge in [0, 0.05) is 26.6 Å². The summed E-state index contributed by atoms with van der Waals surface area (Å²) in [6, 6.07) is 6.80. The van der Waals surface area contributed by atoms with E-state index in [0.717, 1.165) is 5.56 Å². The molecule has 1 aromatic carbocycles. The van der Waals surface area contributed by atoms with Gasteiger partial charge in [0.15, 0.2) is 0 Å². The second-order valence-corrected chi connectivity index (χ2v) is 8.94. The molecule has 25 heavy (non-hydrogen) atoms. The number of carbonyl (C=O) groups excluding carboxylic acids is 1. The van der Waals surface area contributed by atoms with Gasteiger partial charge in [-0.05, 0) is 30.0 Å². The molecular formula is C18H26N2O4S. The van der Waals surface area contributed by atoms with E-state index in [2.05, 4.69) is 13.8 Å². The molecule has 0 N–H and O–H groups in total. The number of hydrogen-bond acceptors (Lipinski definition) is 4. The largest absolute Gasteiger partial charge is 0.383 e. The van der Waals surface area contributed by atoms with Gasteiger partial charge in [-0.15, -0.1) is 0 Å². The van der Waals surface area contributed by atoms with Crippen LogP contribution in [0.2, 0.25) is 0 Å². The van der Waals surface area contributed by atoms with Gasteiger partial charge in [-0.25, -0.2) is 8.42 Å².